The van der Waals surface area contributed by atoms with Crippen LogP contribution in [0.25, 0.3) is 0 Å². The van der Waals surface area contributed by atoms with Crippen molar-refractivity contribution in [2.45, 2.75) is 31.2 Å². The topological polar surface area (TPSA) is 81.1 Å². The SMILES string of the molecule is NCC(CC(=O)O)c1cncn1C1CC1. The van der Waals surface area contributed by atoms with E-state index in [-0.39, 0.29) is 12.3 Å². The Hall–Kier alpha value is -1.36. The zero-order valence-corrected chi connectivity index (χ0v) is 8.47. The first-order valence-electron chi connectivity index (χ1n) is 5.16. The number of aliphatic carboxylic acids is 1. The summed E-state index contributed by atoms with van der Waals surface area (Å²) in [5.74, 6) is -0.931. The van der Waals surface area contributed by atoms with Crippen molar-refractivity contribution in [3.8, 4) is 0 Å². The Bertz CT molecular complexity index is 357. The van der Waals surface area contributed by atoms with Crippen molar-refractivity contribution in [2.24, 2.45) is 5.73 Å². The van der Waals surface area contributed by atoms with Gasteiger partial charge >= 0.3 is 5.97 Å². The third-order valence-corrected chi connectivity index (χ3v) is 2.76. The number of rotatable bonds is 5. The van der Waals surface area contributed by atoms with Gasteiger partial charge in [-0.2, -0.15) is 0 Å². The van der Waals surface area contributed by atoms with E-state index >= 15 is 0 Å². The minimum absolute atomic E-state index is 0.0783. The molecule has 82 valence electrons. The van der Waals surface area contributed by atoms with E-state index < -0.39 is 5.97 Å². The highest BCUT2D eigenvalue weighted by Gasteiger charge is 2.28. The van der Waals surface area contributed by atoms with Gasteiger partial charge in [-0.3, -0.25) is 4.79 Å². The Morgan fingerprint density at radius 2 is 2.47 bits per heavy atom. The fraction of sp³-hybridized carbons (Fsp3) is 0.600. The summed E-state index contributed by atoms with van der Waals surface area (Å²) in [6, 6.07) is 0.519. The first-order valence-corrected chi connectivity index (χ1v) is 5.16. The van der Waals surface area contributed by atoms with Crippen LogP contribution in [0, 0.1) is 0 Å². The maximum Gasteiger partial charge on any atom is 0.304 e. The summed E-state index contributed by atoms with van der Waals surface area (Å²) in [6.07, 6.45) is 5.91. The number of hydrogen-bond acceptors (Lipinski definition) is 3. The molecule has 1 aliphatic rings. The minimum Gasteiger partial charge on any atom is -0.481 e. The van der Waals surface area contributed by atoms with E-state index in [9.17, 15) is 4.79 Å². The first kappa shape index (κ1) is 10.2. The fourth-order valence-electron chi connectivity index (χ4n) is 1.81. The molecule has 1 atom stereocenters. The van der Waals surface area contributed by atoms with Crippen molar-refractivity contribution in [1.82, 2.24) is 9.55 Å². The summed E-state index contributed by atoms with van der Waals surface area (Å²) in [6.45, 7) is 0.352. The molecule has 0 aromatic carbocycles. The van der Waals surface area contributed by atoms with Gasteiger partial charge in [0.25, 0.3) is 0 Å². The molecule has 0 bridgehead atoms. The number of aromatic nitrogens is 2. The molecule has 1 aliphatic carbocycles. The van der Waals surface area contributed by atoms with Crippen LogP contribution in [0.1, 0.15) is 36.9 Å². The molecule has 1 aromatic rings. The maximum atomic E-state index is 10.7. The molecule has 0 radical (unpaired) electrons. The van der Waals surface area contributed by atoms with E-state index in [1.165, 1.54) is 0 Å². The normalized spacial score (nSPS) is 17.7. The van der Waals surface area contributed by atoms with Crippen molar-refractivity contribution in [3.63, 3.8) is 0 Å². The number of carboxylic acids is 1. The Morgan fingerprint density at radius 3 is 3.00 bits per heavy atom. The second-order valence-corrected chi connectivity index (χ2v) is 3.99. The van der Waals surface area contributed by atoms with E-state index in [1.807, 2.05) is 0 Å². The molecule has 0 amide bonds. The molecule has 0 saturated heterocycles. The zero-order valence-electron chi connectivity index (χ0n) is 8.47. The second-order valence-electron chi connectivity index (χ2n) is 3.99. The van der Waals surface area contributed by atoms with Crippen LogP contribution in [-0.4, -0.2) is 27.2 Å². The van der Waals surface area contributed by atoms with E-state index in [0.29, 0.717) is 12.6 Å². The van der Waals surface area contributed by atoms with Gasteiger partial charge in [0, 0.05) is 30.4 Å². The monoisotopic (exact) mass is 209 g/mol. The summed E-state index contributed by atoms with van der Waals surface area (Å²) in [4.78, 5) is 14.7. The molecular weight excluding hydrogens is 194 g/mol. The average molecular weight is 209 g/mol. The summed E-state index contributed by atoms with van der Waals surface area (Å²) < 4.78 is 2.07. The molecule has 1 heterocycles. The number of nitrogens with zero attached hydrogens (tertiary/aromatic N) is 2. The Kier molecular flexibility index (Phi) is 2.73. The predicted molar refractivity (Wildman–Crippen MR) is 54.5 cm³/mol. The molecule has 1 fully saturated rings. The Labute approximate surface area is 87.9 Å². The van der Waals surface area contributed by atoms with Gasteiger partial charge in [-0.05, 0) is 12.8 Å². The van der Waals surface area contributed by atoms with Gasteiger partial charge in [-0.1, -0.05) is 0 Å². The molecular formula is C10H15N3O2. The van der Waals surface area contributed by atoms with Crippen molar-refractivity contribution in [3.05, 3.63) is 18.2 Å². The molecule has 1 aromatic heterocycles. The van der Waals surface area contributed by atoms with Crippen molar-refractivity contribution < 1.29 is 9.90 Å². The molecule has 1 unspecified atom stereocenters. The highest BCUT2D eigenvalue weighted by atomic mass is 16.4. The maximum absolute atomic E-state index is 10.7. The lowest BCUT2D eigenvalue weighted by atomic mass is 10.0. The summed E-state index contributed by atoms with van der Waals surface area (Å²) >= 11 is 0. The fourth-order valence-corrected chi connectivity index (χ4v) is 1.81. The highest BCUT2D eigenvalue weighted by molar-refractivity contribution is 5.67. The van der Waals surface area contributed by atoms with Crippen LogP contribution in [0.5, 0.6) is 0 Å². The number of hydrogen-bond donors (Lipinski definition) is 2. The summed E-state index contributed by atoms with van der Waals surface area (Å²) in [5, 5.41) is 8.77. The molecule has 15 heavy (non-hydrogen) atoms. The lowest BCUT2D eigenvalue weighted by Crippen LogP contribution is -2.19. The third-order valence-electron chi connectivity index (χ3n) is 2.76. The standard InChI is InChI=1S/C10H15N3O2/c11-4-7(3-10(14)15)9-5-12-6-13(9)8-1-2-8/h5-8H,1-4,11H2,(H,14,15). The van der Waals surface area contributed by atoms with Gasteiger partial charge < -0.3 is 15.4 Å². The van der Waals surface area contributed by atoms with Gasteiger partial charge in [0.2, 0.25) is 0 Å². The van der Waals surface area contributed by atoms with Crippen LogP contribution in [0.2, 0.25) is 0 Å². The lowest BCUT2D eigenvalue weighted by molar-refractivity contribution is -0.137. The molecule has 5 heteroatoms. The van der Waals surface area contributed by atoms with Gasteiger partial charge in [0.1, 0.15) is 0 Å². The van der Waals surface area contributed by atoms with Gasteiger partial charge in [0.15, 0.2) is 0 Å². The van der Waals surface area contributed by atoms with Crippen LogP contribution >= 0.6 is 0 Å². The van der Waals surface area contributed by atoms with Crippen LogP contribution in [0.4, 0.5) is 0 Å². The molecule has 0 aliphatic heterocycles. The highest BCUT2D eigenvalue weighted by Crippen LogP contribution is 2.37. The molecule has 0 spiro atoms. The Balaban J connectivity index is 2.17. The van der Waals surface area contributed by atoms with E-state index in [2.05, 4.69) is 9.55 Å². The van der Waals surface area contributed by atoms with Crippen molar-refractivity contribution in [2.75, 3.05) is 6.54 Å². The van der Waals surface area contributed by atoms with Crippen LogP contribution in [-0.2, 0) is 4.79 Å². The molecule has 2 rings (SSSR count). The zero-order chi connectivity index (χ0) is 10.8. The van der Waals surface area contributed by atoms with Crippen LogP contribution in [0.3, 0.4) is 0 Å². The molecule has 3 N–H and O–H groups in total. The number of carbonyl (C=O) groups is 1. The van der Waals surface area contributed by atoms with Crippen molar-refractivity contribution >= 4 is 5.97 Å². The quantitative estimate of drug-likeness (QED) is 0.749. The number of carboxylic acid groups (broad SMARTS) is 1. The van der Waals surface area contributed by atoms with E-state index in [0.717, 1.165) is 18.5 Å². The van der Waals surface area contributed by atoms with Crippen LogP contribution in [0.15, 0.2) is 12.5 Å². The number of nitrogens with two attached hydrogens (primary N) is 1. The predicted octanol–water partition coefficient (Wildman–Crippen LogP) is 0.735. The third kappa shape index (κ3) is 2.18. The van der Waals surface area contributed by atoms with Crippen molar-refractivity contribution in [1.29, 1.82) is 0 Å². The van der Waals surface area contributed by atoms with Crippen LogP contribution < -0.4 is 5.73 Å². The van der Waals surface area contributed by atoms with Gasteiger partial charge in [0.05, 0.1) is 12.7 Å². The van der Waals surface area contributed by atoms with Gasteiger partial charge in [-0.25, -0.2) is 4.98 Å². The van der Waals surface area contributed by atoms with Gasteiger partial charge in [-0.15, -0.1) is 0 Å². The average Bonchev–Trinajstić information content (AvgIpc) is 2.93. The number of imidazole rings is 1. The van der Waals surface area contributed by atoms with E-state index in [4.69, 9.17) is 10.8 Å². The molecule has 1 saturated carbocycles. The summed E-state index contributed by atoms with van der Waals surface area (Å²) in [5.41, 5.74) is 6.56. The lowest BCUT2D eigenvalue weighted by Gasteiger charge is -2.14. The minimum atomic E-state index is -0.811. The molecule has 5 nitrogen and oxygen atoms in total. The Morgan fingerprint density at radius 1 is 1.73 bits per heavy atom. The van der Waals surface area contributed by atoms with E-state index in [1.54, 1.807) is 12.5 Å². The summed E-state index contributed by atoms with van der Waals surface area (Å²) in [7, 11) is 0. The smallest absolute Gasteiger partial charge is 0.304 e. The second kappa shape index (κ2) is 4.02. The largest absolute Gasteiger partial charge is 0.481 e. The first-order chi connectivity index (χ1) is 7.22.